The summed E-state index contributed by atoms with van der Waals surface area (Å²) in [7, 11) is 0. The smallest absolute Gasteiger partial charge is 0.135 e. The Kier molecular flexibility index (Phi) is 5.46. The van der Waals surface area contributed by atoms with E-state index in [-0.39, 0.29) is 11.7 Å². The Morgan fingerprint density at radius 1 is 0.970 bits per heavy atom. The standard InChI is InChI=1S/C25H23F2N5O/c1-14-10-17(6-7-28-14)22-13-32(8-9-33-22)23-12-21-25(30-16(3)15(2)29-21)24(31-23)19-5-4-18(26)11-20(19)27/h4-7,10-12,22H,8-9,13H2,1-3H3/t22-/m1/s1. The molecular weight excluding hydrogens is 424 g/mol. The van der Waals surface area contributed by atoms with Crippen molar-refractivity contribution in [2.24, 2.45) is 0 Å². The average Bonchev–Trinajstić information content (AvgIpc) is 2.80. The van der Waals surface area contributed by atoms with Gasteiger partial charge in [-0.15, -0.1) is 0 Å². The summed E-state index contributed by atoms with van der Waals surface area (Å²) < 4.78 is 34.4. The van der Waals surface area contributed by atoms with E-state index in [2.05, 4.69) is 19.9 Å². The van der Waals surface area contributed by atoms with Crippen LogP contribution in [0.3, 0.4) is 0 Å². The number of ether oxygens (including phenoxy) is 1. The third kappa shape index (κ3) is 4.14. The first kappa shape index (κ1) is 21.3. The van der Waals surface area contributed by atoms with Crippen molar-refractivity contribution in [3.63, 3.8) is 0 Å². The number of aryl methyl sites for hydroxylation is 3. The van der Waals surface area contributed by atoms with Gasteiger partial charge in [0, 0.05) is 42.7 Å². The highest BCUT2D eigenvalue weighted by molar-refractivity contribution is 5.91. The number of fused-ring (bicyclic) bond motifs is 1. The molecule has 1 aromatic carbocycles. The molecule has 4 heterocycles. The summed E-state index contributed by atoms with van der Waals surface area (Å²) in [5.41, 5.74) is 5.13. The van der Waals surface area contributed by atoms with Crippen molar-refractivity contribution < 1.29 is 13.5 Å². The van der Waals surface area contributed by atoms with Crippen LogP contribution in [0.5, 0.6) is 0 Å². The van der Waals surface area contributed by atoms with Crippen LogP contribution in [0.2, 0.25) is 0 Å². The van der Waals surface area contributed by atoms with E-state index in [0.29, 0.717) is 42.2 Å². The zero-order valence-electron chi connectivity index (χ0n) is 18.6. The summed E-state index contributed by atoms with van der Waals surface area (Å²) in [6.07, 6.45) is 1.63. The minimum atomic E-state index is -0.687. The van der Waals surface area contributed by atoms with Gasteiger partial charge in [-0.2, -0.15) is 0 Å². The lowest BCUT2D eigenvalue weighted by Crippen LogP contribution is -2.39. The average molecular weight is 447 g/mol. The molecule has 5 rings (SSSR count). The number of anilines is 1. The third-order valence-corrected chi connectivity index (χ3v) is 5.92. The minimum Gasteiger partial charge on any atom is -0.370 e. The molecule has 33 heavy (non-hydrogen) atoms. The lowest BCUT2D eigenvalue weighted by molar-refractivity contribution is 0.0394. The number of morpholine rings is 1. The van der Waals surface area contributed by atoms with Crippen molar-refractivity contribution in [3.8, 4) is 11.3 Å². The Morgan fingerprint density at radius 3 is 2.58 bits per heavy atom. The van der Waals surface area contributed by atoms with Gasteiger partial charge in [-0.1, -0.05) is 0 Å². The summed E-state index contributed by atoms with van der Waals surface area (Å²) in [4.78, 5) is 20.5. The molecule has 1 fully saturated rings. The molecule has 8 heteroatoms. The first-order chi connectivity index (χ1) is 15.9. The molecular formula is C25H23F2N5O. The molecule has 0 bridgehead atoms. The van der Waals surface area contributed by atoms with Crippen LogP contribution < -0.4 is 4.90 Å². The van der Waals surface area contributed by atoms with Gasteiger partial charge >= 0.3 is 0 Å². The van der Waals surface area contributed by atoms with Crippen LogP contribution in [0.25, 0.3) is 22.3 Å². The molecule has 3 aromatic heterocycles. The Balaban J connectivity index is 1.62. The Morgan fingerprint density at radius 2 is 1.79 bits per heavy atom. The van der Waals surface area contributed by atoms with Crippen molar-refractivity contribution in [1.82, 2.24) is 19.9 Å². The van der Waals surface area contributed by atoms with Gasteiger partial charge in [-0.3, -0.25) is 4.98 Å². The number of rotatable bonds is 3. The molecule has 0 spiro atoms. The molecule has 0 radical (unpaired) electrons. The zero-order chi connectivity index (χ0) is 23.1. The van der Waals surface area contributed by atoms with Gasteiger partial charge < -0.3 is 9.64 Å². The van der Waals surface area contributed by atoms with E-state index >= 15 is 0 Å². The first-order valence-electron chi connectivity index (χ1n) is 10.8. The van der Waals surface area contributed by atoms with Crippen LogP contribution >= 0.6 is 0 Å². The second kappa shape index (κ2) is 8.44. The van der Waals surface area contributed by atoms with Gasteiger partial charge in [-0.25, -0.2) is 23.7 Å². The highest BCUT2D eigenvalue weighted by Gasteiger charge is 2.25. The molecule has 0 unspecified atom stereocenters. The van der Waals surface area contributed by atoms with Crippen LogP contribution in [-0.4, -0.2) is 39.6 Å². The number of pyridine rings is 2. The normalized spacial score (nSPS) is 16.4. The second-order valence-electron chi connectivity index (χ2n) is 8.25. The summed E-state index contributed by atoms with van der Waals surface area (Å²) in [6.45, 7) is 7.40. The van der Waals surface area contributed by atoms with Gasteiger partial charge in [0.1, 0.15) is 34.8 Å². The van der Waals surface area contributed by atoms with E-state index in [1.807, 2.05) is 39.0 Å². The van der Waals surface area contributed by atoms with E-state index in [0.717, 1.165) is 28.7 Å². The number of hydrogen-bond donors (Lipinski definition) is 0. The van der Waals surface area contributed by atoms with Gasteiger partial charge in [0.25, 0.3) is 0 Å². The van der Waals surface area contributed by atoms with Crippen molar-refractivity contribution in [2.45, 2.75) is 26.9 Å². The van der Waals surface area contributed by atoms with Gasteiger partial charge in [0.05, 0.1) is 23.5 Å². The lowest BCUT2D eigenvalue weighted by Gasteiger charge is -2.34. The predicted octanol–water partition coefficient (Wildman–Crippen LogP) is 4.87. The van der Waals surface area contributed by atoms with E-state index in [9.17, 15) is 8.78 Å². The molecule has 6 nitrogen and oxygen atoms in total. The maximum absolute atomic E-state index is 14.8. The van der Waals surface area contributed by atoms with E-state index < -0.39 is 11.6 Å². The monoisotopic (exact) mass is 447 g/mol. The molecule has 0 N–H and O–H groups in total. The van der Waals surface area contributed by atoms with E-state index in [4.69, 9.17) is 9.72 Å². The number of benzene rings is 1. The van der Waals surface area contributed by atoms with E-state index in [1.54, 1.807) is 6.20 Å². The van der Waals surface area contributed by atoms with Crippen molar-refractivity contribution in [2.75, 3.05) is 24.6 Å². The summed E-state index contributed by atoms with van der Waals surface area (Å²) in [6, 6.07) is 9.32. The highest BCUT2D eigenvalue weighted by Crippen LogP contribution is 2.33. The topological polar surface area (TPSA) is 64.0 Å². The van der Waals surface area contributed by atoms with Gasteiger partial charge in [-0.05, 0) is 50.6 Å². The number of nitrogens with zero attached hydrogens (tertiary/aromatic N) is 5. The first-order valence-corrected chi connectivity index (χ1v) is 10.8. The maximum Gasteiger partial charge on any atom is 0.135 e. The zero-order valence-corrected chi connectivity index (χ0v) is 18.6. The molecule has 0 saturated carbocycles. The third-order valence-electron chi connectivity index (χ3n) is 5.92. The molecule has 0 amide bonds. The van der Waals surface area contributed by atoms with Crippen molar-refractivity contribution >= 4 is 16.9 Å². The maximum atomic E-state index is 14.8. The second-order valence-corrected chi connectivity index (χ2v) is 8.25. The lowest BCUT2D eigenvalue weighted by atomic mass is 10.1. The van der Waals surface area contributed by atoms with Crippen LogP contribution in [0.4, 0.5) is 14.6 Å². The van der Waals surface area contributed by atoms with Crippen LogP contribution in [0, 0.1) is 32.4 Å². The molecule has 1 saturated heterocycles. The SMILES string of the molecule is Cc1cc([C@H]2CN(c3cc4nc(C)c(C)nc4c(-c4ccc(F)cc4F)n3)CCO2)ccn1. The van der Waals surface area contributed by atoms with Crippen molar-refractivity contribution in [3.05, 3.63) is 76.9 Å². The molecule has 168 valence electrons. The number of hydrogen-bond acceptors (Lipinski definition) is 6. The van der Waals surface area contributed by atoms with Gasteiger partial charge in [0.2, 0.25) is 0 Å². The summed E-state index contributed by atoms with van der Waals surface area (Å²) in [5, 5.41) is 0. The summed E-state index contributed by atoms with van der Waals surface area (Å²) in [5.74, 6) is -0.676. The molecule has 1 aliphatic rings. The Labute approximate surface area is 190 Å². The predicted molar refractivity (Wildman–Crippen MR) is 122 cm³/mol. The minimum absolute atomic E-state index is 0.144. The largest absolute Gasteiger partial charge is 0.370 e. The van der Waals surface area contributed by atoms with Gasteiger partial charge in [0.15, 0.2) is 0 Å². The molecule has 1 aliphatic heterocycles. The molecule has 4 aromatic rings. The summed E-state index contributed by atoms with van der Waals surface area (Å²) >= 11 is 0. The fourth-order valence-electron chi connectivity index (χ4n) is 4.08. The van der Waals surface area contributed by atoms with Crippen molar-refractivity contribution in [1.29, 1.82) is 0 Å². The Bertz CT molecular complexity index is 1360. The fraction of sp³-hybridized carbons (Fsp3) is 0.280. The van der Waals surface area contributed by atoms with E-state index in [1.165, 1.54) is 12.1 Å². The number of aromatic nitrogens is 4. The fourth-order valence-corrected chi connectivity index (χ4v) is 4.08. The number of halogens is 2. The van der Waals surface area contributed by atoms with Crippen LogP contribution in [-0.2, 0) is 4.74 Å². The highest BCUT2D eigenvalue weighted by atomic mass is 19.1. The van der Waals surface area contributed by atoms with Crippen LogP contribution in [0.15, 0.2) is 42.6 Å². The molecule has 0 aliphatic carbocycles. The van der Waals surface area contributed by atoms with Crippen LogP contribution in [0.1, 0.15) is 28.7 Å². The quantitative estimate of drug-likeness (QED) is 0.447. The Hall–Kier alpha value is -3.52. The molecule has 1 atom stereocenters.